The summed E-state index contributed by atoms with van der Waals surface area (Å²) in [7, 11) is 1.49. The number of carbonyl (C=O) groups is 3. The predicted octanol–water partition coefficient (Wildman–Crippen LogP) is 4.37. The lowest BCUT2D eigenvalue weighted by molar-refractivity contribution is -0.127. The number of ether oxygens (including phenoxy) is 2. The number of carbonyl (C=O) groups excluding carboxylic acids is 3. The van der Waals surface area contributed by atoms with Crippen LogP contribution in [0.15, 0.2) is 42.1 Å². The summed E-state index contributed by atoms with van der Waals surface area (Å²) in [5.41, 5.74) is 2.04. The Kier molecular flexibility index (Phi) is 7.60. The van der Waals surface area contributed by atoms with Crippen molar-refractivity contribution in [3.05, 3.63) is 58.2 Å². The number of nitrogens with one attached hydrogen (secondary N) is 2. The van der Waals surface area contributed by atoms with E-state index in [0.717, 1.165) is 16.9 Å². The largest absolute Gasteiger partial charge is 0.493 e. The van der Waals surface area contributed by atoms with Crippen molar-refractivity contribution in [2.75, 3.05) is 19.0 Å². The van der Waals surface area contributed by atoms with Gasteiger partial charge in [-0.2, -0.15) is 0 Å². The van der Waals surface area contributed by atoms with E-state index in [1.807, 2.05) is 32.9 Å². The number of amides is 4. The summed E-state index contributed by atoms with van der Waals surface area (Å²) in [6.45, 7) is 5.35. The van der Waals surface area contributed by atoms with Crippen molar-refractivity contribution < 1.29 is 23.9 Å². The van der Waals surface area contributed by atoms with Crippen LogP contribution in [-0.4, -0.2) is 42.5 Å². The average Bonchev–Trinajstić information content (AvgIpc) is 3.04. The lowest BCUT2D eigenvalue weighted by Crippen LogP contribution is -2.38. The van der Waals surface area contributed by atoms with Crippen molar-refractivity contribution in [2.45, 2.75) is 33.3 Å². The Morgan fingerprint density at radius 1 is 1.27 bits per heavy atom. The molecular formula is C24H26ClN3O5. The van der Waals surface area contributed by atoms with Gasteiger partial charge in [-0.3, -0.25) is 9.59 Å². The van der Waals surface area contributed by atoms with Crippen LogP contribution in [0.5, 0.6) is 11.5 Å². The van der Waals surface area contributed by atoms with Crippen LogP contribution in [0.1, 0.15) is 31.4 Å². The van der Waals surface area contributed by atoms with Gasteiger partial charge < -0.3 is 20.1 Å². The fourth-order valence-corrected chi connectivity index (χ4v) is 3.41. The first-order chi connectivity index (χ1) is 15.7. The fraction of sp³-hybridized carbons (Fsp3) is 0.292. The lowest BCUT2D eigenvalue weighted by atomic mass is 10.1. The minimum Gasteiger partial charge on any atom is -0.493 e. The zero-order valence-electron chi connectivity index (χ0n) is 18.9. The van der Waals surface area contributed by atoms with Crippen LogP contribution in [0.2, 0.25) is 5.02 Å². The Morgan fingerprint density at radius 3 is 2.67 bits per heavy atom. The van der Waals surface area contributed by atoms with Crippen LogP contribution in [-0.2, 0) is 9.59 Å². The maximum Gasteiger partial charge on any atom is 0.329 e. The average molecular weight is 472 g/mol. The van der Waals surface area contributed by atoms with E-state index in [-0.39, 0.29) is 11.8 Å². The molecule has 1 saturated heterocycles. The molecule has 2 aromatic rings. The third-order valence-corrected chi connectivity index (χ3v) is 5.42. The molecule has 2 N–H and O–H groups in total. The molecule has 3 rings (SSSR count). The number of aryl methyl sites for hydroxylation is 1. The number of para-hydroxylation sites is 1. The molecule has 9 heteroatoms. The van der Waals surface area contributed by atoms with Crippen molar-refractivity contribution in [3.63, 3.8) is 0 Å². The summed E-state index contributed by atoms with van der Waals surface area (Å²) in [6.07, 6.45) is 2.20. The number of methoxy groups -OCH3 is 1. The minimum atomic E-state index is -0.680. The zero-order valence-corrected chi connectivity index (χ0v) is 19.7. The molecule has 174 valence electrons. The van der Waals surface area contributed by atoms with Gasteiger partial charge in [-0.25, -0.2) is 9.69 Å². The standard InChI is InChI=1S/C24H26ClN3O5/c1-5-15(3)33-22-17(25)10-16(12-20(22)32-4)11-19-23(30)28(24(31)27-19)13-21(29)26-18-9-7-6-8-14(18)2/h6-12,15H,5,13H2,1-4H3,(H,26,29)(H,27,31)/b19-11-/t15-/m0/s1. The zero-order chi connectivity index (χ0) is 24.1. The van der Waals surface area contributed by atoms with E-state index in [1.165, 1.54) is 13.2 Å². The summed E-state index contributed by atoms with van der Waals surface area (Å²) in [5.74, 6) is -0.284. The van der Waals surface area contributed by atoms with Crippen molar-refractivity contribution in [2.24, 2.45) is 0 Å². The number of hydrogen-bond donors (Lipinski definition) is 2. The molecule has 0 aliphatic carbocycles. The molecular weight excluding hydrogens is 446 g/mol. The second-order valence-electron chi connectivity index (χ2n) is 7.61. The highest BCUT2D eigenvalue weighted by atomic mass is 35.5. The van der Waals surface area contributed by atoms with E-state index in [0.29, 0.717) is 27.8 Å². The summed E-state index contributed by atoms with van der Waals surface area (Å²) >= 11 is 6.38. The number of urea groups is 1. The van der Waals surface area contributed by atoms with E-state index in [9.17, 15) is 14.4 Å². The first-order valence-corrected chi connectivity index (χ1v) is 10.9. The maximum absolute atomic E-state index is 12.8. The highest BCUT2D eigenvalue weighted by molar-refractivity contribution is 6.32. The van der Waals surface area contributed by atoms with E-state index in [4.69, 9.17) is 21.1 Å². The van der Waals surface area contributed by atoms with Gasteiger partial charge in [0.25, 0.3) is 5.91 Å². The highest BCUT2D eigenvalue weighted by Crippen LogP contribution is 2.38. The van der Waals surface area contributed by atoms with Crippen molar-refractivity contribution in [3.8, 4) is 11.5 Å². The molecule has 2 aromatic carbocycles. The van der Waals surface area contributed by atoms with Gasteiger partial charge in [-0.05, 0) is 55.7 Å². The first kappa shape index (κ1) is 24.1. The fourth-order valence-electron chi connectivity index (χ4n) is 3.15. The second-order valence-corrected chi connectivity index (χ2v) is 8.02. The molecule has 0 aromatic heterocycles. The van der Waals surface area contributed by atoms with Gasteiger partial charge in [0, 0.05) is 5.69 Å². The third kappa shape index (κ3) is 5.64. The van der Waals surface area contributed by atoms with Gasteiger partial charge in [0.15, 0.2) is 11.5 Å². The SMILES string of the molecule is CC[C@H](C)Oc1c(Cl)cc(/C=C2\NC(=O)N(CC(=O)Nc3ccccc3C)C2=O)cc1OC. The van der Waals surface area contributed by atoms with Crippen molar-refractivity contribution >= 4 is 41.2 Å². The first-order valence-electron chi connectivity index (χ1n) is 10.5. The molecule has 0 unspecified atom stereocenters. The number of halogens is 1. The number of benzene rings is 2. The molecule has 1 aliphatic heterocycles. The van der Waals surface area contributed by atoms with Gasteiger partial charge in [0.2, 0.25) is 5.91 Å². The van der Waals surface area contributed by atoms with Crippen LogP contribution < -0.4 is 20.1 Å². The van der Waals surface area contributed by atoms with E-state index < -0.39 is 24.4 Å². The Hall–Kier alpha value is -3.52. The van der Waals surface area contributed by atoms with Gasteiger partial charge >= 0.3 is 6.03 Å². The normalized spacial score (nSPS) is 15.4. The minimum absolute atomic E-state index is 0.0254. The van der Waals surface area contributed by atoms with Crippen LogP contribution >= 0.6 is 11.6 Å². The van der Waals surface area contributed by atoms with Gasteiger partial charge in [-0.1, -0.05) is 36.7 Å². The number of rotatable bonds is 8. The van der Waals surface area contributed by atoms with Crippen LogP contribution in [0.25, 0.3) is 6.08 Å². The highest BCUT2D eigenvalue weighted by Gasteiger charge is 2.35. The Labute approximate surface area is 197 Å². The molecule has 4 amide bonds. The summed E-state index contributed by atoms with van der Waals surface area (Å²) in [5, 5.41) is 5.52. The molecule has 33 heavy (non-hydrogen) atoms. The van der Waals surface area contributed by atoms with Gasteiger partial charge in [-0.15, -0.1) is 0 Å². The van der Waals surface area contributed by atoms with Crippen LogP contribution in [0, 0.1) is 6.92 Å². The smallest absolute Gasteiger partial charge is 0.329 e. The summed E-state index contributed by atoms with van der Waals surface area (Å²) in [6, 6.07) is 9.82. The Morgan fingerprint density at radius 2 is 2.00 bits per heavy atom. The number of anilines is 1. The number of hydrogen-bond acceptors (Lipinski definition) is 5. The van der Waals surface area contributed by atoms with Crippen molar-refractivity contribution in [1.29, 1.82) is 0 Å². The quantitative estimate of drug-likeness (QED) is 0.440. The van der Waals surface area contributed by atoms with E-state index in [2.05, 4.69) is 10.6 Å². The topological polar surface area (TPSA) is 97.0 Å². The van der Waals surface area contributed by atoms with Crippen LogP contribution in [0.4, 0.5) is 10.5 Å². The molecule has 1 heterocycles. The second kappa shape index (κ2) is 10.4. The lowest BCUT2D eigenvalue weighted by Gasteiger charge is -2.17. The Balaban J connectivity index is 1.77. The van der Waals surface area contributed by atoms with E-state index >= 15 is 0 Å². The van der Waals surface area contributed by atoms with Gasteiger partial charge in [0.05, 0.1) is 18.2 Å². The number of imide groups is 1. The number of nitrogens with zero attached hydrogens (tertiary/aromatic N) is 1. The third-order valence-electron chi connectivity index (χ3n) is 5.14. The monoisotopic (exact) mass is 471 g/mol. The molecule has 0 spiro atoms. The van der Waals surface area contributed by atoms with Gasteiger partial charge in [0.1, 0.15) is 12.2 Å². The molecule has 0 saturated carbocycles. The van der Waals surface area contributed by atoms with Crippen molar-refractivity contribution in [1.82, 2.24) is 10.2 Å². The summed E-state index contributed by atoms with van der Waals surface area (Å²) in [4.78, 5) is 38.4. The maximum atomic E-state index is 12.8. The molecule has 0 bridgehead atoms. The molecule has 0 radical (unpaired) electrons. The molecule has 1 aliphatic rings. The molecule has 1 fully saturated rings. The molecule has 8 nitrogen and oxygen atoms in total. The van der Waals surface area contributed by atoms with E-state index in [1.54, 1.807) is 24.3 Å². The summed E-state index contributed by atoms with van der Waals surface area (Å²) < 4.78 is 11.2. The van der Waals surface area contributed by atoms with Crippen LogP contribution in [0.3, 0.4) is 0 Å². The molecule has 1 atom stereocenters. The Bertz CT molecular complexity index is 1120. The predicted molar refractivity (Wildman–Crippen MR) is 126 cm³/mol.